The molecule has 3 heteroatoms. The van der Waals surface area contributed by atoms with Gasteiger partial charge in [-0.3, -0.25) is 0 Å². The van der Waals surface area contributed by atoms with Crippen molar-refractivity contribution in [3.63, 3.8) is 0 Å². The maximum absolute atomic E-state index is 3.81. The molecule has 1 nitrogen and oxygen atoms in total. The van der Waals surface area contributed by atoms with Crippen LogP contribution in [0.25, 0.3) is 0 Å². The molecule has 0 bridgehead atoms. The van der Waals surface area contributed by atoms with Gasteiger partial charge in [0.1, 0.15) is 0 Å². The summed E-state index contributed by atoms with van der Waals surface area (Å²) in [4.78, 5) is 1.65. The summed E-state index contributed by atoms with van der Waals surface area (Å²) in [5, 5.41) is 6.09. The van der Waals surface area contributed by atoms with E-state index >= 15 is 0 Å². The van der Waals surface area contributed by atoms with Crippen LogP contribution in [0.1, 0.15) is 29.7 Å². The highest BCUT2D eigenvalue weighted by atomic mass is 32.2. The van der Waals surface area contributed by atoms with Crippen LogP contribution in [0.2, 0.25) is 0 Å². The number of thioether (sulfide) groups is 1. The molecule has 1 saturated heterocycles. The molecule has 3 rings (SSSR count). The Bertz CT molecular complexity index is 337. The molecule has 0 radical (unpaired) electrons. The number of thiophene rings is 1. The van der Waals surface area contributed by atoms with Crippen LogP contribution in [0, 0.1) is 0 Å². The lowest BCUT2D eigenvalue weighted by atomic mass is 9.83. The van der Waals surface area contributed by atoms with Crippen LogP contribution in [-0.2, 0) is 12.0 Å². The first-order valence-electron chi connectivity index (χ1n) is 5.80. The number of rotatable bonds is 0. The Labute approximate surface area is 99.7 Å². The summed E-state index contributed by atoms with van der Waals surface area (Å²) >= 11 is 4.09. The van der Waals surface area contributed by atoms with Gasteiger partial charge in [0.05, 0.1) is 5.54 Å². The second kappa shape index (κ2) is 4.11. The lowest BCUT2D eigenvalue weighted by molar-refractivity contribution is 0.292. The Morgan fingerprint density at radius 1 is 1.27 bits per heavy atom. The normalized spacial score (nSPS) is 31.2. The van der Waals surface area contributed by atoms with Crippen molar-refractivity contribution in [3.05, 3.63) is 21.9 Å². The molecule has 0 aromatic carbocycles. The Balaban J connectivity index is 1.98. The molecule has 0 saturated carbocycles. The summed E-state index contributed by atoms with van der Waals surface area (Å²) < 4.78 is 0. The van der Waals surface area contributed by atoms with Crippen molar-refractivity contribution in [3.8, 4) is 0 Å². The van der Waals surface area contributed by atoms with Crippen LogP contribution in [0.15, 0.2) is 11.4 Å². The Morgan fingerprint density at radius 3 is 3.27 bits per heavy atom. The van der Waals surface area contributed by atoms with Crippen molar-refractivity contribution >= 4 is 23.1 Å². The lowest BCUT2D eigenvalue weighted by Gasteiger charge is -2.37. The maximum Gasteiger partial charge on any atom is 0.0539 e. The molecular formula is C12H17NS2. The molecule has 1 aromatic rings. The number of fused-ring (bicyclic) bond motifs is 2. The van der Waals surface area contributed by atoms with Gasteiger partial charge in [-0.05, 0) is 54.2 Å². The second-order valence-electron chi connectivity index (χ2n) is 4.50. The number of hydrogen-bond acceptors (Lipinski definition) is 3. The third-order valence-corrected chi connectivity index (χ3v) is 5.84. The van der Waals surface area contributed by atoms with Gasteiger partial charge in [-0.1, -0.05) is 0 Å². The van der Waals surface area contributed by atoms with E-state index in [2.05, 4.69) is 28.5 Å². The quantitative estimate of drug-likeness (QED) is 0.747. The van der Waals surface area contributed by atoms with E-state index in [1.54, 1.807) is 10.4 Å². The molecular weight excluding hydrogens is 222 g/mol. The van der Waals surface area contributed by atoms with E-state index in [0.717, 1.165) is 0 Å². The summed E-state index contributed by atoms with van der Waals surface area (Å²) in [6.07, 6.45) is 5.27. The fourth-order valence-corrected chi connectivity index (χ4v) is 5.06. The van der Waals surface area contributed by atoms with Gasteiger partial charge in [0.25, 0.3) is 0 Å². The highest BCUT2D eigenvalue weighted by molar-refractivity contribution is 7.99. The van der Waals surface area contributed by atoms with Gasteiger partial charge in [-0.2, -0.15) is 11.8 Å². The van der Waals surface area contributed by atoms with Gasteiger partial charge in [0, 0.05) is 11.4 Å². The van der Waals surface area contributed by atoms with Crippen LogP contribution < -0.4 is 5.32 Å². The molecule has 0 aliphatic carbocycles. The van der Waals surface area contributed by atoms with E-state index in [9.17, 15) is 0 Å². The molecule has 2 aliphatic rings. The summed E-state index contributed by atoms with van der Waals surface area (Å²) in [5.41, 5.74) is 1.97. The molecule has 1 spiro atoms. The van der Waals surface area contributed by atoms with Gasteiger partial charge in [0.2, 0.25) is 0 Å². The van der Waals surface area contributed by atoms with E-state index in [-0.39, 0.29) is 0 Å². The number of hydrogen-bond donors (Lipinski definition) is 1. The minimum absolute atomic E-state index is 0.352. The molecule has 3 heterocycles. The largest absolute Gasteiger partial charge is 0.306 e. The van der Waals surface area contributed by atoms with Crippen molar-refractivity contribution in [2.45, 2.75) is 31.2 Å². The zero-order chi connectivity index (χ0) is 10.1. The molecule has 0 amide bonds. The SMILES string of the molecule is c1cc2c(s1)C1(CCCSCC1)NCC2. The van der Waals surface area contributed by atoms with Crippen LogP contribution in [-0.4, -0.2) is 18.1 Å². The fourth-order valence-electron chi connectivity index (χ4n) is 2.82. The molecule has 1 aromatic heterocycles. The van der Waals surface area contributed by atoms with Crippen LogP contribution in [0.4, 0.5) is 0 Å². The third kappa shape index (κ3) is 1.75. The Kier molecular flexibility index (Phi) is 2.79. The summed E-state index contributed by atoms with van der Waals surface area (Å²) in [6.45, 7) is 1.18. The highest BCUT2D eigenvalue weighted by Gasteiger charge is 2.37. The van der Waals surface area contributed by atoms with Crippen molar-refractivity contribution in [1.82, 2.24) is 5.32 Å². The van der Waals surface area contributed by atoms with Crippen molar-refractivity contribution in [2.75, 3.05) is 18.1 Å². The van der Waals surface area contributed by atoms with Gasteiger partial charge in [0.15, 0.2) is 0 Å². The lowest BCUT2D eigenvalue weighted by Crippen LogP contribution is -2.46. The van der Waals surface area contributed by atoms with Crippen molar-refractivity contribution in [1.29, 1.82) is 0 Å². The maximum atomic E-state index is 3.81. The zero-order valence-corrected chi connectivity index (χ0v) is 10.6. The molecule has 1 N–H and O–H groups in total. The standard InChI is InChI=1S/C12H17NS2/c1-4-12(5-9-14-7-1)11-10(2-6-13-12)3-8-15-11/h3,8,13H,1-2,4-7,9H2. The van der Waals surface area contributed by atoms with Crippen LogP contribution in [0.3, 0.4) is 0 Å². The van der Waals surface area contributed by atoms with E-state index in [0.29, 0.717) is 5.54 Å². The Hall–Kier alpha value is 0.01000. The van der Waals surface area contributed by atoms with Gasteiger partial charge >= 0.3 is 0 Å². The van der Waals surface area contributed by atoms with Crippen molar-refractivity contribution in [2.24, 2.45) is 0 Å². The van der Waals surface area contributed by atoms with E-state index in [1.165, 1.54) is 43.7 Å². The average Bonchev–Trinajstić information content (AvgIpc) is 2.62. The van der Waals surface area contributed by atoms with Crippen LogP contribution in [0.5, 0.6) is 0 Å². The topological polar surface area (TPSA) is 12.0 Å². The van der Waals surface area contributed by atoms with Gasteiger partial charge < -0.3 is 5.32 Å². The summed E-state index contributed by atoms with van der Waals surface area (Å²) in [5.74, 6) is 2.68. The predicted molar refractivity (Wildman–Crippen MR) is 68.9 cm³/mol. The predicted octanol–water partition coefficient (Wildman–Crippen LogP) is 3.01. The van der Waals surface area contributed by atoms with E-state index in [1.807, 2.05) is 11.3 Å². The highest BCUT2D eigenvalue weighted by Crippen LogP contribution is 2.41. The smallest absolute Gasteiger partial charge is 0.0539 e. The first kappa shape index (κ1) is 10.2. The van der Waals surface area contributed by atoms with Crippen molar-refractivity contribution < 1.29 is 0 Å². The second-order valence-corrected chi connectivity index (χ2v) is 6.64. The molecule has 1 atom stereocenters. The minimum atomic E-state index is 0.352. The third-order valence-electron chi connectivity index (χ3n) is 3.60. The number of nitrogens with one attached hydrogen (secondary N) is 1. The Morgan fingerprint density at radius 2 is 2.27 bits per heavy atom. The molecule has 82 valence electrons. The average molecular weight is 239 g/mol. The summed E-state index contributed by atoms with van der Waals surface area (Å²) in [6, 6.07) is 2.33. The summed E-state index contributed by atoms with van der Waals surface area (Å²) in [7, 11) is 0. The zero-order valence-electron chi connectivity index (χ0n) is 8.92. The molecule has 1 fully saturated rings. The monoisotopic (exact) mass is 239 g/mol. The molecule has 2 aliphatic heterocycles. The first-order valence-corrected chi connectivity index (χ1v) is 7.84. The van der Waals surface area contributed by atoms with Gasteiger partial charge in [-0.15, -0.1) is 11.3 Å². The first-order chi connectivity index (χ1) is 7.41. The fraction of sp³-hybridized carbons (Fsp3) is 0.667. The minimum Gasteiger partial charge on any atom is -0.306 e. The molecule has 1 unspecified atom stereocenters. The molecule has 15 heavy (non-hydrogen) atoms. The van der Waals surface area contributed by atoms with E-state index in [4.69, 9.17) is 0 Å². The van der Waals surface area contributed by atoms with Crippen LogP contribution >= 0.6 is 23.1 Å². The van der Waals surface area contributed by atoms with Gasteiger partial charge in [-0.25, -0.2) is 0 Å². The van der Waals surface area contributed by atoms with E-state index < -0.39 is 0 Å².